The summed E-state index contributed by atoms with van der Waals surface area (Å²) in [5.74, 6) is 0.148. The van der Waals surface area contributed by atoms with Gasteiger partial charge in [0.25, 0.3) is 0 Å². The number of ether oxygens (including phenoxy) is 1. The monoisotopic (exact) mass is 287 g/mol. The van der Waals surface area contributed by atoms with Gasteiger partial charge in [-0.25, -0.2) is 9.48 Å². The Hall–Kier alpha value is -2.37. The maximum absolute atomic E-state index is 11.1. The van der Waals surface area contributed by atoms with Crippen molar-refractivity contribution in [2.24, 2.45) is 0 Å². The SMILES string of the molecule is O=C(O)c1nnn(CCCOc2ccccc2)c1C1CC1. The highest BCUT2D eigenvalue weighted by atomic mass is 16.5. The molecule has 0 spiro atoms. The number of nitrogens with zero attached hydrogens (tertiary/aromatic N) is 3. The topological polar surface area (TPSA) is 77.2 Å². The fourth-order valence-electron chi connectivity index (χ4n) is 2.32. The van der Waals surface area contributed by atoms with Crippen LogP contribution in [0.15, 0.2) is 30.3 Å². The van der Waals surface area contributed by atoms with Crippen molar-refractivity contribution in [3.8, 4) is 5.75 Å². The van der Waals surface area contributed by atoms with Gasteiger partial charge in [0.1, 0.15) is 5.75 Å². The molecule has 1 N–H and O–H groups in total. The largest absolute Gasteiger partial charge is 0.494 e. The van der Waals surface area contributed by atoms with E-state index >= 15 is 0 Å². The molecule has 110 valence electrons. The molecular weight excluding hydrogens is 270 g/mol. The zero-order valence-electron chi connectivity index (χ0n) is 11.6. The van der Waals surface area contributed by atoms with Gasteiger partial charge in [-0.2, -0.15) is 0 Å². The van der Waals surface area contributed by atoms with E-state index < -0.39 is 5.97 Å². The van der Waals surface area contributed by atoms with E-state index in [2.05, 4.69) is 10.3 Å². The maximum Gasteiger partial charge on any atom is 0.358 e. The molecule has 2 aromatic rings. The molecule has 3 rings (SSSR count). The van der Waals surface area contributed by atoms with Crippen LogP contribution >= 0.6 is 0 Å². The van der Waals surface area contributed by atoms with Crippen molar-refractivity contribution in [3.05, 3.63) is 41.7 Å². The molecule has 1 aliphatic carbocycles. The number of aromatic carboxylic acids is 1. The fraction of sp³-hybridized carbons (Fsp3) is 0.400. The minimum absolute atomic E-state index is 0.0986. The molecule has 1 aliphatic rings. The van der Waals surface area contributed by atoms with Crippen molar-refractivity contribution >= 4 is 5.97 Å². The van der Waals surface area contributed by atoms with Crippen LogP contribution in [0, 0.1) is 0 Å². The standard InChI is InChI=1S/C15H17N3O3/c19-15(20)13-14(11-7-8-11)18(17-16-13)9-4-10-21-12-5-2-1-3-6-12/h1-3,5-6,11H,4,7-10H2,(H,19,20). The second kappa shape index (κ2) is 5.95. The van der Waals surface area contributed by atoms with Gasteiger partial charge in [0.15, 0.2) is 5.69 Å². The van der Waals surface area contributed by atoms with Gasteiger partial charge >= 0.3 is 5.97 Å². The molecular formula is C15H17N3O3. The normalized spacial score (nSPS) is 14.1. The van der Waals surface area contributed by atoms with Crippen molar-refractivity contribution in [1.82, 2.24) is 15.0 Å². The van der Waals surface area contributed by atoms with Gasteiger partial charge in [-0.1, -0.05) is 23.4 Å². The third kappa shape index (κ3) is 3.21. The first kappa shape index (κ1) is 13.6. The second-order valence-electron chi connectivity index (χ2n) is 5.14. The molecule has 0 amide bonds. The first-order chi connectivity index (χ1) is 10.3. The summed E-state index contributed by atoms with van der Waals surface area (Å²) in [7, 11) is 0. The van der Waals surface area contributed by atoms with Crippen LogP contribution in [0.25, 0.3) is 0 Å². The average Bonchev–Trinajstić information content (AvgIpc) is 3.24. The molecule has 0 radical (unpaired) electrons. The van der Waals surface area contributed by atoms with Crippen LogP contribution in [0.1, 0.15) is 41.4 Å². The van der Waals surface area contributed by atoms with Gasteiger partial charge in [-0.05, 0) is 25.0 Å². The number of hydrogen-bond acceptors (Lipinski definition) is 4. The highest BCUT2D eigenvalue weighted by Crippen LogP contribution is 2.41. The van der Waals surface area contributed by atoms with E-state index in [1.165, 1.54) is 0 Å². The van der Waals surface area contributed by atoms with Crippen molar-refractivity contribution in [3.63, 3.8) is 0 Å². The minimum atomic E-state index is -0.997. The molecule has 1 fully saturated rings. The Labute approximate surface area is 122 Å². The Bertz CT molecular complexity index is 620. The predicted molar refractivity (Wildman–Crippen MR) is 75.5 cm³/mol. The summed E-state index contributed by atoms with van der Waals surface area (Å²) in [6.07, 6.45) is 2.80. The van der Waals surface area contributed by atoms with E-state index in [1.54, 1.807) is 4.68 Å². The fourth-order valence-corrected chi connectivity index (χ4v) is 2.32. The Kier molecular flexibility index (Phi) is 3.85. The second-order valence-corrected chi connectivity index (χ2v) is 5.14. The van der Waals surface area contributed by atoms with Gasteiger partial charge in [0.05, 0.1) is 12.3 Å². The zero-order chi connectivity index (χ0) is 14.7. The zero-order valence-corrected chi connectivity index (χ0v) is 11.6. The van der Waals surface area contributed by atoms with Gasteiger partial charge in [-0.15, -0.1) is 5.10 Å². The summed E-state index contributed by atoms with van der Waals surface area (Å²) < 4.78 is 7.34. The number of carbonyl (C=O) groups is 1. The van der Waals surface area contributed by atoms with Crippen LogP contribution < -0.4 is 4.74 Å². The molecule has 1 saturated carbocycles. The Morgan fingerprint density at radius 3 is 2.76 bits per heavy atom. The number of rotatable bonds is 7. The Morgan fingerprint density at radius 2 is 2.10 bits per heavy atom. The van der Waals surface area contributed by atoms with Crippen LogP contribution in [-0.4, -0.2) is 32.7 Å². The lowest BCUT2D eigenvalue weighted by atomic mass is 10.2. The lowest BCUT2D eigenvalue weighted by Crippen LogP contribution is -2.10. The molecule has 1 aromatic heterocycles. The van der Waals surface area contributed by atoms with Crippen molar-refractivity contribution in [2.45, 2.75) is 31.7 Å². The summed E-state index contributed by atoms with van der Waals surface area (Å²) in [6.45, 7) is 1.19. The summed E-state index contributed by atoms with van der Waals surface area (Å²) in [5, 5.41) is 16.9. The number of carboxylic acid groups (broad SMARTS) is 1. The molecule has 21 heavy (non-hydrogen) atoms. The first-order valence-electron chi connectivity index (χ1n) is 7.10. The van der Waals surface area contributed by atoms with Crippen LogP contribution in [-0.2, 0) is 6.54 Å². The third-order valence-electron chi connectivity index (χ3n) is 3.47. The molecule has 0 atom stereocenters. The van der Waals surface area contributed by atoms with Gasteiger partial charge in [-0.3, -0.25) is 0 Å². The predicted octanol–water partition coefficient (Wildman–Crippen LogP) is 2.32. The minimum Gasteiger partial charge on any atom is -0.494 e. The van der Waals surface area contributed by atoms with Crippen LogP contribution in [0.5, 0.6) is 5.75 Å². The number of aryl methyl sites for hydroxylation is 1. The Morgan fingerprint density at radius 1 is 1.33 bits per heavy atom. The smallest absolute Gasteiger partial charge is 0.358 e. The summed E-state index contributed by atoms with van der Waals surface area (Å²) >= 11 is 0. The highest BCUT2D eigenvalue weighted by Gasteiger charge is 2.33. The van der Waals surface area contributed by atoms with E-state index in [0.717, 1.165) is 30.7 Å². The van der Waals surface area contributed by atoms with Gasteiger partial charge in [0, 0.05) is 18.9 Å². The van der Waals surface area contributed by atoms with Crippen molar-refractivity contribution in [2.75, 3.05) is 6.61 Å². The van der Waals surface area contributed by atoms with E-state index in [4.69, 9.17) is 9.84 Å². The number of benzene rings is 1. The first-order valence-corrected chi connectivity index (χ1v) is 7.10. The quantitative estimate of drug-likeness (QED) is 0.791. The number of carboxylic acids is 1. The summed E-state index contributed by atoms with van der Waals surface area (Å²) in [6, 6.07) is 9.62. The molecule has 6 nitrogen and oxygen atoms in total. The molecule has 0 aliphatic heterocycles. The molecule has 0 bridgehead atoms. The third-order valence-corrected chi connectivity index (χ3v) is 3.47. The lowest BCUT2D eigenvalue weighted by Gasteiger charge is -2.08. The van der Waals surface area contributed by atoms with E-state index in [-0.39, 0.29) is 5.69 Å². The maximum atomic E-state index is 11.1. The van der Waals surface area contributed by atoms with Crippen molar-refractivity contribution in [1.29, 1.82) is 0 Å². The van der Waals surface area contributed by atoms with Gasteiger partial charge in [0.2, 0.25) is 0 Å². The van der Waals surface area contributed by atoms with Crippen LogP contribution in [0.4, 0.5) is 0 Å². The highest BCUT2D eigenvalue weighted by molar-refractivity contribution is 5.86. The molecule has 1 aromatic carbocycles. The van der Waals surface area contributed by atoms with E-state index in [0.29, 0.717) is 19.1 Å². The number of aromatic nitrogens is 3. The molecule has 0 unspecified atom stereocenters. The van der Waals surface area contributed by atoms with Crippen LogP contribution in [0.2, 0.25) is 0 Å². The molecule has 1 heterocycles. The van der Waals surface area contributed by atoms with Gasteiger partial charge < -0.3 is 9.84 Å². The van der Waals surface area contributed by atoms with Crippen LogP contribution in [0.3, 0.4) is 0 Å². The summed E-state index contributed by atoms with van der Waals surface area (Å²) in [4.78, 5) is 11.1. The lowest BCUT2D eigenvalue weighted by molar-refractivity contribution is 0.0689. The van der Waals surface area contributed by atoms with E-state index in [9.17, 15) is 4.79 Å². The number of hydrogen-bond donors (Lipinski definition) is 1. The van der Waals surface area contributed by atoms with Crippen molar-refractivity contribution < 1.29 is 14.6 Å². The molecule has 0 saturated heterocycles. The summed E-state index contributed by atoms with van der Waals surface area (Å²) in [5.41, 5.74) is 0.865. The van der Waals surface area contributed by atoms with E-state index in [1.807, 2.05) is 30.3 Å². The average molecular weight is 287 g/mol. The Balaban J connectivity index is 1.57. The molecule has 6 heteroatoms. The number of para-hydroxylation sites is 1.